The van der Waals surface area contributed by atoms with Crippen LogP contribution in [-0.4, -0.2) is 61.4 Å². The number of esters is 1. The quantitative estimate of drug-likeness (QED) is 0.732. The molecule has 1 rings (SSSR count). The topological polar surface area (TPSA) is 50.8 Å². The van der Waals surface area contributed by atoms with Crippen LogP contribution in [0.1, 0.15) is 34.6 Å². The van der Waals surface area contributed by atoms with Crippen molar-refractivity contribution in [1.82, 2.24) is 10.2 Å². The molecule has 0 aliphatic carbocycles. The average molecular weight is 272 g/mol. The van der Waals surface area contributed by atoms with Crippen LogP contribution in [0, 0.1) is 0 Å². The minimum absolute atomic E-state index is 0.178. The first-order valence-corrected chi connectivity index (χ1v) is 7.20. The maximum atomic E-state index is 12.2. The van der Waals surface area contributed by atoms with Crippen molar-refractivity contribution >= 4 is 5.97 Å². The number of likely N-dealkylation sites (N-methyl/N-ethyl adjacent to an activating group) is 1. The molecule has 5 nitrogen and oxygen atoms in total. The molecule has 1 aliphatic rings. The van der Waals surface area contributed by atoms with Crippen LogP contribution in [0.2, 0.25) is 0 Å². The van der Waals surface area contributed by atoms with Gasteiger partial charge in [0.1, 0.15) is 5.54 Å². The van der Waals surface area contributed by atoms with Gasteiger partial charge in [0.2, 0.25) is 0 Å². The molecule has 0 aromatic heterocycles. The molecule has 0 radical (unpaired) electrons. The van der Waals surface area contributed by atoms with E-state index < -0.39 is 5.54 Å². The number of ether oxygens (including phenoxy) is 2. The average Bonchev–Trinajstić information content (AvgIpc) is 2.34. The maximum Gasteiger partial charge on any atom is 0.327 e. The molecule has 1 fully saturated rings. The molecule has 112 valence electrons. The fourth-order valence-electron chi connectivity index (χ4n) is 2.47. The number of morpholine rings is 1. The Bertz CT molecular complexity index is 298. The fourth-order valence-corrected chi connectivity index (χ4v) is 2.47. The number of carbonyl (C=O) groups excluding carboxylic acids is 1. The number of hydrogen-bond acceptors (Lipinski definition) is 5. The van der Waals surface area contributed by atoms with Crippen LogP contribution in [0.3, 0.4) is 0 Å². The molecule has 1 N–H and O–H groups in total. The highest BCUT2D eigenvalue weighted by Gasteiger charge is 2.38. The Morgan fingerprint density at radius 3 is 2.74 bits per heavy atom. The molecule has 1 heterocycles. The molecule has 1 saturated heterocycles. The molecular weight excluding hydrogens is 244 g/mol. The van der Waals surface area contributed by atoms with Crippen molar-refractivity contribution in [3.05, 3.63) is 0 Å². The zero-order valence-electron chi connectivity index (χ0n) is 12.9. The van der Waals surface area contributed by atoms with E-state index in [9.17, 15) is 4.79 Å². The summed E-state index contributed by atoms with van der Waals surface area (Å²) in [7, 11) is 0. The molecule has 0 bridgehead atoms. The summed E-state index contributed by atoms with van der Waals surface area (Å²) in [6.07, 6.45) is 0.212. The van der Waals surface area contributed by atoms with Gasteiger partial charge in [-0.3, -0.25) is 9.69 Å². The predicted molar refractivity (Wildman–Crippen MR) is 75.2 cm³/mol. The summed E-state index contributed by atoms with van der Waals surface area (Å²) in [6, 6.07) is 0.323. The van der Waals surface area contributed by atoms with Crippen molar-refractivity contribution in [3.63, 3.8) is 0 Å². The van der Waals surface area contributed by atoms with Crippen LogP contribution in [0.25, 0.3) is 0 Å². The monoisotopic (exact) mass is 272 g/mol. The van der Waals surface area contributed by atoms with Crippen LogP contribution in [0.4, 0.5) is 0 Å². The molecule has 19 heavy (non-hydrogen) atoms. The summed E-state index contributed by atoms with van der Waals surface area (Å²) >= 11 is 0. The van der Waals surface area contributed by atoms with Crippen LogP contribution in [0.15, 0.2) is 0 Å². The summed E-state index contributed by atoms with van der Waals surface area (Å²) in [5.74, 6) is -0.178. The molecule has 3 unspecified atom stereocenters. The van der Waals surface area contributed by atoms with Crippen molar-refractivity contribution in [2.24, 2.45) is 0 Å². The van der Waals surface area contributed by atoms with Gasteiger partial charge in [0, 0.05) is 19.1 Å². The molecular formula is C14H28N2O3. The highest BCUT2D eigenvalue weighted by Crippen LogP contribution is 2.17. The van der Waals surface area contributed by atoms with Crippen molar-refractivity contribution in [1.29, 1.82) is 0 Å². The Kier molecular flexibility index (Phi) is 6.23. The third-order valence-electron chi connectivity index (χ3n) is 3.55. The highest BCUT2D eigenvalue weighted by molar-refractivity contribution is 5.80. The summed E-state index contributed by atoms with van der Waals surface area (Å²) in [5.41, 5.74) is -0.657. The SMILES string of the molecule is CCNC(C)(CN1CC(C)OCC1C)C(=O)OCC. The first-order valence-electron chi connectivity index (χ1n) is 7.20. The van der Waals surface area contributed by atoms with Gasteiger partial charge < -0.3 is 14.8 Å². The Morgan fingerprint density at radius 1 is 1.47 bits per heavy atom. The molecule has 0 saturated carbocycles. The third kappa shape index (κ3) is 4.44. The smallest absolute Gasteiger partial charge is 0.327 e. The number of rotatable bonds is 6. The van der Waals surface area contributed by atoms with Gasteiger partial charge in [0.25, 0.3) is 0 Å². The molecule has 3 atom stereocenters. The van der Waals surface area contributed by atoms with Gasteiger partial charge in [-0.15, -0.1) is 0 Å². The lowest BCUT2D eigenvalue weighted by atomic mass is 10.00. The lowest BCUT2D eigenvalue weighted by Crippen LogP contribution is -2.61. The van der Waals surface area contributed by atoms with Gasteiger partial charge in [-0.25, -0.2) is 0 Å². The van der Waals surface area contributed by atoms with Gasteiger partial charge in [-0.2, -0.15) is 0 Å². The van der Waals surface area contributed by atoms with Crippen molar-refractivity contribution in [2.75, 3.05) is 32.8 Å². The summed E-state index contributed by atoms with van der Waals surface area (Å²) in [4.78, 5) is 14.5. The molecule has 0 amide bonds. The van der Waals surface area contributed by atoms with Crippen molar-refractivity contribution in [2.45, 2.75) is 52.3 Å². The van der Waals surface area contributed by atoms with Crippen molar-refractivity contribution in [3.8, 4) is 0 Å². The van der Waals surface area contributed by atoms with E-state index in [0.717, 1.165) is 13.1 Å². The van der Waals surface area contributed by atoms with Gasteiger partial charge in [0.05, 0.1) is 19.3 Å². The Hall–Kier alpha value is -0.650. The van der Waals surface area contributed by atoms with E-state index in [4.69, 9.17) is 9.47 Å². The second-order valence-electron chi connectivity index (χ2n) is 5.51. The maximum absolute atomic E-state index is 12.2. The number of hydrogen-bond donors (Lipinski definition) is 1. The van der Waals surface area contributed by atoms with Crippen LogP contribution >= 0.6 is 0 Å². The molecule has 1 aliphatic heterocycles. The Balaban J connectivity index is 2.73. The standard InChI is InChI=1S/C14H28N2O3/c1-6-15-14(5,13(17)18-7-2)10-16-8-12(4)19-9-11(16)3/h11-12,15H,6-10H2,1-5H3. The Morgan fingerprint density at radius 2 is 2.16 bits per heavy atom. The number of carbonyl (C=O) groups is 1. The normalized spacial score (nSPS) is 27.8. The van der Waals surface area contributed by atoms with E-state index in [1.165, 1.54) is 0 Å². The van der Waals surface area contributed by atoms with Gasteiger partial charge in [-0.1, -0.05) is 6.92 Å². The second kappa shape index (κ2) is 7.22. The van der Waals surface area contributed by atoms with E-state index in [1.54, 1.807) is 0 Å². The predicted octanol–water partition coefficient (Wildman–Crippen LogP) is 1.03. The molecule has 0 aromatic rings. The van der Waals surface area contributed by atoms with E-state index >= 15 is 0 Å². The third-order valence-corrected chi connectivity index (χ3v) is 3.55. The summed E-state index contributed by atoms with van der Waals surface area (Å²) in [6.45, 7) is 13.3. The van der Waals surface area contributed by atoms with E-state index in [2.05, 4.69) is 24.1 Å². The minimum atomic E-state index is -0.657. The minimum Gasteiger partial charge on any atom is -0.465 e. The number of nitrogens with one attached hydrogen (secondary N) is 1. The van der Waals surface area contributed by atoms with Gasteiger partial charge in [-0.05, 0) is 34.2 Å². The largest absolute Gasteiger partial charge is 0.465 e. The first kappa shape index (κ1) is 16.4. The Labute approximate surface area is 116 Å². The van der Waals surface area contributed by atoms with Crippen LogP contribution in [0.5, 0.6) is 0 Å². The van der Waals surface area contributed by atoms with E-state index in [1.807, 2.05) is 20.8 Å². The summed E-state index contributed by atoms with van der Waals surface area (Å²) < 4.78 is 10.8. The van der Waals surface area contributed by atoms with E-state index in [0.29, 0.717) is 25.8 Å². The molecule has 0 aromatic carbocycles. The fraction of sp³-hybridized carbons (Fsp3) is 0.929. The zero-order valence-corrected chi connectivity index (χ0v) is 12.9. The van der Waals surface area contributed by atoms with Crippen LogP contribution in [-0.2, 0) is 14.3 Å². The van der Waals surface area contributed by atoms with Gasteiger partial charge >= 0.3 is 5.97 Å². The second-order valence-corrected chi connectivity index (χ2v) is 5.51. The summed E-state index contributed by atoms with van der Waals surface area (Å²) in [5, 5.41) is 3.27. The molecule has 0 spiro atoms. The van der Waals surface area contributed by atoms with Crippen LogP contribution < -0.4 is 5.32 Å². The van der Waals surface area contributed by atoms with Gasteiger partial charge in [0.15, 0.2) is 0 Å². The lowest BCUT2D eigenvalue weighted by molar-refractivity contribution is -0.153. The number of nitrogens with zero attached hydrogens (tertiary/aromatic N) is 1. The zero-order chi connectivity index (χ0) is 14.5. The van der Waals surface area contributed by atoms with Crippen molar-refractivity contribution < 1.29 is 14.3 Å². The first-order chi connectivity index (χ1) is 8.92. The van der Waals surface area contributed by atoms with E-state index in [-0.39, 0.29) is 12.1 Å². The highest BCUT2D eigenvalue weighted by atomic mass is 16.5. The lowest BCUT2D eigenvalue weighted by Gasteiger charge is -2.41. The molecule has 5 heteroatoms.